The molecule has 1 amide bonds. The summed E-state index contributed by atoms with van der Waals surface area (Å²) in [6.45, 7) is 5.69. The van der Waals surface area contributed by atoms with Gasteiger partial charge < -0.3 is 5.32 Å². The summed E-state index contributed by atoms with van der Waals surface area (Å²) in [5, 5.41) is 2.29. The van der Waals surface area contributed by atoms with E-state index in [-0.39, 0.29) is 5.91 Å². The number of aryl methyl sites for hydroxylation is 2. The number of nitrogens with zero attached hydrogens (tertiary/aromatic N) is 2. The van der Waals surface area contributed by atoms with E-state index in [1.165, 1.54) is 0 Å². The highest BCUT2D eigenvalue weighted by Gasteiger charge is 2.19. The van der Waals surface area contributed by atoms with Crippen LogP contribution in [0.3, 0.4) is 0 Å². The van der Waals surface area contributed by atoms with Crippen LogP contribution in [0.15, 0.2) is 42.6 Å². The van der Waals surface area contributed by atoms with Gasteiger partial charge in [-0.1, -0.05) is 24.3 Å². The first-order chi connectivity index (χ1) is 11.0. The largest absolute Gasteiger partial charge is 0.309 e. The van der Waals surface area contributed by atoms with Crippen LogP contribution in [0.25, 0.3) is 16.9 Å². The van der Waals surface area contributed by atoms with E-state index < -0.39 is 5.38 Å². The molecule has 23 heavy (non-hydrogen) atoms. The lowest BCUT2D eigenvalue weighted by Crippen LogP contribution is -2.21. The smallest absolute Gasteiger partial charge is 0.243 e. The van der Waals surface area contributed by atoms with Crippen LogP contribution in [0.1, 0.15) is 18.1 Å². The maximum Gasteiger partial charge on any atom is 0.243 e. The molecule has 0 saturated carbocycles. The number of alkyl halides is 1. The number of hydrogen-bond donors (Lipinski definition) is 1. The number of amides is 1. The number of halogens is 1. The van der Waals surface area contributed by atoms with Crippen LogP contribution in [-0.4, -0.2) is 20.7 Å². The number of nitrogens with one attached hydrogen (secondary N) is 1. The van der Waals surface area contributed by atoms with Crippen LogP contribution in [0, 0.1) is 13.8 Å². The summed E-state index contributed by atoms with van der Waals surface area (Å²) in [6, 6.07) is 12.0. The molecule has 3 rings (SSSR count). The number of hydrogen-bond acceptors (Lipinski definition) is 2. The van der Waals surface area contributed by atoms with Crippen molar-refractivity contribution in [3.63, 3.8) is 0 Å². The molecule has 5 heteroatoms. The normalized spacial score (nSPS) is 12.3. The first-order valence-electron chi connectivity index (χ1n) is 7.47. The molecule has 1 unspecified atom stereocenters. The molecule has 118 valence electrons. The average molecular weight is 328 g/mol. The zero-order chi connectivity index (χ0) is 16.6. The number of aromatic nitrogens is 2. The second kappa shape index (κ2) is 6.05. The van der Waals surface area contributed by atoms with Crippen LogP contribution in [0.4, 0.5) is 5.82 Å². The van der Waals surface area contributed by atoms with E-state index in [2.05, 4.69) is 5.32 Å². The molecule has 4 nitrogen and oxygen atoms in total. The average Bonchev–Trinajstić information content (AvgIpc) is 2.85. The highest BCUT2D eigenvalue weighted by molar-refractivity contribution is 6.32. The second-order valence-corrected chi connectivity index (χ2v) is 6.32. The maximum absolute atomic E-state index is 12.1. The molecule has 0 aliphatic rings. The van der Waals surface area contributed by atoms with Crippen molar-refractivity contribution >= 4 is 29.0 Å². The van der Waals surface area contributed by atoms with E-state index in [1.54, 1.807) is 6.92 Å². The van der Waals surface area contributed by atoms with Gasteiger partial charge in [-0.3, -0.25) is 9.20 Å². The van der Waals surface area contributed by atoms with E-state index in [9.17, 15) is 4.79 Å². The van der Waals surface area contributed by atoms with Gasteiger partial charge in [0.15, 0.2) is 0 Å². The fourth-order valence-electron chi connectivity index (χ4n) is 2.51. The Morgan fingerprint density at radius 2 is 2.00 bits per heavy atom. The van der Waals surface area contributed by atoms with Crippen LogP contribution < -0.4 is 5.32 Å². The number of benzene rings is 1. The lowest BCUT2D eigenvalue weighted by molar-refractivity contribution is -0.115. The summed E-state index contributed by atoms with van der Waals surface area (Å²) >= 11 is 5.91. The van der Waals surface area contributed by atoms with Gasteiger partial charge in [0.25, 0.3) is 0 Å². The third-order valence-corrected chi connectivity index (χ3v) is 3.98. The van der Waals surface area contributed by atoms with Crippen molar-refractivity contribution in [1.82, 2.24) is 9.38 Å². The topological polar surface area (TPSA) is 46.4 Å². The molecule has 0 spiro atoms. The Hall–Kier alpha value is -2.33. The molecule has 3 aromatic rings. The summed E-state index contributed by atoms with van der Waals surface area (Å²) in [6.07, 6.45) is 1.91. The van der Waals surface area contributed by atoms with Crippen molar-refractivity contribution in [2.45, 2.75) is 26.1 Å². The van der Waals surface area contributed by atoms with Crippen LogP contribution in [0.5, 0.6) is 0 Å². The molecule has 0 fully saturated rings. The van der Waals surface area contributed by atoms with Crippen LogP contribution >= 0.6 is 11.6 Å². The van der Waals surface area contributed by atoms with Gasteiger partial charge in [0.05, 0.1) is 0 Å². The zero-order valence-electron chi connectivity index (χ0n) is 13.3. The van der Waals surface area contributed by atoms with Gasteiger partial charge in [-0.15, -0.1) is 11.6 Å². The van der Waals surface area contributed by atoms with Gasteiger partial charge in [-0.2, -0.15) is 0 Å². The van der Waals surface area contributed by atoms with Crippen LogP contribution in [-0.2, 0) is 4.79 Å². The number of rotatable bonds is 3. The van der Waals surface area contributed by atoms with Crippen molar-refractivity contribution in [2.24, 2.45) is 0 Å². The minimum atomic E-state index is -0.615. The summed E-state index contributed by atoms with van der Waals surface area (Å²) in [5.41, 5.74) is 4.75. The first kappa shape index (κ1) is 15.6. The van der Waals surface area contributed by atoms with Crippen molar-refractivity contribution in [3.8, 4) is 11.3 Å². The maximum atomic E-state index is 12.1. The summed E-state index contributed by atoms with van der Waals surface area (Å²) in [4.78, 5) is 16.8. The number of imidazole rings is 1. The fraction of sp³-hybridized carbons (Fsp3) is 0.222. The second-order valence-electron chi connectivity index (χ2n) is 5.66. The Morgan fingerprint density at radius 1 is 1.26 bits per heavy atom. The lowest BCUT2D eigenvalue weighted by Gasteiger charge is -2.10. The van der Waals surface area contributed by atoms with E-state index in [0.717, 1.165) is 28.0 Å². The number of anilines is 1. The quantitative estimate of drug-likeness (QED) is 0.733. The molecule has 0 aliphatic heterocycles. The Bertz CT molecular complexity index is 883. The standard InChI is InChI=1S/C18H18ClN3O/c1-11-8-9-22-15(10-11)20-16(14-7-5-4-6-12(14)2)17(22)21-18(23)13(3)19/h4-10,13H,1-3H3,(H,21,23). The van der Waals surface area contributed by atoms with E-state index in [4.69, 9.17) is 16.6 Å². The van der Waals surface area contributed by atoms with Gasteiger partial charge in [0.1, 0.15) is 22.5 Å². The summed E-state index contributed by atoms with van der Waals surface area (Å²) < 4.78 is 1.88. The van der Waals surface area contributed by atoms with Crippen molar-refractivity contribution in [3.05, 3.63) is 53.7 Å². The summed E-state index contributed by atoms with van der Waals surface area (Å²) in [7, 11) is 0. The molecular formula is C18H18ClN3O. The molecule has 1 N–H and O–H groups in total. The SMILES string of the molecule is Cc1ccn2c(NC(=O)C(C)Cl)c(-c3ccccc3C)nc2c1. The van der Waals surface area contributed by atoms with Crippen molar-refractivity contribution in [1.29, 1.82) is 0 Å². The number of fused-ring (bicyclic) bond motifs is 1. The molecule has 0 bridgehead atoms. The minimum Gasteiger partial charge on any atom is -0.309 e. The predicted octanol–water partition coefficient (Wildman–Crippen LogP) is 4.18. The molecule has 0 aliphatic carbocycles. The molecule has 1 aromatic carbocycles. The van der Waals surface area contributed by atoms with Crippen molar-refractivity contribution in [2.75, 3.05) is 5.32 Å². The van der Waals surface area contributed by atoms with E-state index >= 15 is 0 Å². The first-order valence-corrected chi connectivity index (χ1v) is 7.90. The predicted molar refractivity (Wildman–Crippen MR) is 94.0 cm³/mol. The van der Waals surface area contributed by atoms with Gasteiger partial charge in [-0.05, 0) is 44.0 Å². The van der Waals surface area contributed by atoms with E-state index in [1.807, 2.05) is 60.8 Å². The highest BCUT2D eigenvalue weighted by Crippen LogP contribution is 2.31. The Labute approximate surface area is 140 Å². The monoisotopic (exact) mass is 327 g/mol. The summed E-state index contributed by atoms with van der Waals surface area (Å²) in [5.74, 6) is 0.399. The lowest BCUT2D eigenvalue weighted by atomic mass is 10.1. The Kier molecular flexibility index (Phi) is 4.09. The van der Waals surface area contributed by atoms with Gasteiger partial charge in [-0.25, -0.2) is 4.98 Å². The number of carbonyl (C=O) groups is 1. The van der Waals surface area contributed by atoms with E-state index in [0.29, 0.717) is 5.82 Å². The molecular weight excluding hydrogens is 310 g/mol. The number of carbonyl (C=O) groups excluding carboxylic acids is 1. The number of pyridine rings is 1. The molecule has 0 radical (unpaired) electrons. The minimum absolute atomic E-state index is 0.246. The Balaban J connectivity index is 2.23. The molecule has 0 saturated heterocycles. The molecule has 2 aromatic heterocycles. The van der Waals surface area contributed by atoms with Gasteiger partial charge >= 0.3 is 0 Å². The third-order valence-electron chi connectivity index (χ3n) is 3.78. The van der Waals surface area contributed by atoms with Crippen molar-refractivity contribution < 1.29 is 4.79 Å². The van der Waals surface area contributed by atoms with Crippen LogP contribution in [0.2, 0.25) is 0 Å². The fourth-order valence-corrected chi connectivity index (χ4v) is 2.56. The van der Waals surface area contributed by atoms with Gasteiger partial charge in [0.2, 0.25) is 5.91 Å². The third kappa shape index (κ3) is 2.94. The molecule has 2 heterocycles. The van der Waals surface area contributed by atoms with Gasteiger partial charge in [0, 0.05) is 11.8 Å². The highest BCUT2D eigenvalue weighted by atomic mass is 35.5. The Morgan fingerprint density at radius 3 is 2.70 bits per heavy atom. The zero-order valence-corrected chi connectivity index (χ0v) is 14.1. The molecule has 1 atom stereocenters.